The van der Waals surface area contributed by atoms with E-state index in [9.17, 15) is 9.59 Å². The molecule has 0 bridgehead atoms. The summed E-state index contributed by atoms with van der Waals surface area (Å²) in [5.41, 5.74) is 0.288. The van der Waals surface area contributed by atoms with Crippen molar-refractivity contribution in [1.82, 2.24) is 0 Å². The largest absolute Gasteiger partial charge is 0.457 e. The maximum Gasteiger partial charge on any atom is 0.333 e. The summed E-state index contributed by atoms with van der Waals surface area (Å²) >= 11 is 0. The van der Waals surface area contributed by atoms with Crippen LogP contribution in [0.2, 0.25) is 0 Å². The van der Waals surface area contributed by atoms with E-state index in [-0.39, 0.29) is 5.57 Å². The molecule has 0 heterocycles. The van der Waals surface area contributed by atoms with Gasteiger partial charge >= 0.3 is 5.97 Å². The average molecular weight is 182 g/mol. The molecule has 0 N–H and O–H groups in total. The van der Waals surface area contributed by atoms with E-state index in [2.05, 4.69) is 18.5 Å². The Bertz CT molecular complexity index is 254. The van der Waals surface area contributed by atoms with Crippen LogP contribution in [0.25, 0.3) is 0 Å². The fourth-order valence-corrected chi connectivity index (χ4v) is 0.503. The number of nitrogens with zero attached hydrogens (tertiary/aromatic N) is 1. The first-order valence-electron chi connectivity index (χ1n) is 3.75. The van der Waals surface area contributed by atoms with E-state index < -0.39 is 18.1 Å². The van der Waals surface area contributed by atoms with Crippen molar-refractivity contribution in [3.05, 3.63) is 19.1 Å². The predicted octanol–water partition coefficient (Wildman–Crippen LogP) is 1.03. The lowest BCUT2D eigenvalue weighted by Crippen LogP contribution is -2.25. The number of ether oxygens (including phenoxy) is 1. The molecule has 0 saturated carbocycles. The van der Waals surface area contributed by atoms with E-state index in [4.69, 9.17) is 4.74 Å². The summed E-state index contributed by atoms with van der Waals surface area (Å²) in [6.45, 7) is 10.1. The van der Waals surface area contributed by atoms with Gasteiger partial charge in [0.1, 0.15) is 6.10 Å². The SMILES string of the molecule is [CH2]C(OC(=O)C(=C)C)C(C)N=C=O. The zero-order chi connectivity index (χ0) is 10.4. The summed E-state index contributed by atoms with van der Waals surface area (Å²) in [7, 11) is 0. The van der Waals surface area contributed by atoms with Crippen molar-refractivity contribution in [1.29, 1.82) is 0 Å². The molecule has 71 valence electrons. The Balaban J connectivity index is 4.14. The lowest BCUT2D eigenvalue weighted by molar-refractivity contribution is -0.142. The quantitative estimate of drug-likeness (QED) is 0.282. The monoisotopic (exact) mass is 182 g/mol. The fraction of sp³-hybridized carbons (Fsp3) is 0.444. The Hall–Kier alpha value is -1.41. The molecule has 0 aromatic carbocycles. The summed E-state index contributed by atoms with van der Waals surface area (Å²) in [5.74, 6) is -0.534. The molecule has 0 amide bonds. The molecule has 0 aliphatic carbocycles. The molecule has 0 aromatic heterocycles. The van der Waals surface area contributed by atoms with Crippen LogP contribution in [0.15, 0.2) is 17.1 Å². The minimum absolute atomic E-state index is 0.288. The molecule has 0 aliphatic heterocycles. The first-order valence-corrected chi connectivity index (χ1v) is 3.75. The van der Waals surface area contributed by atoms with Crippen LogP contribution >= 0.6 is 0 Å². The van der Waals surface area contributed by atoms with Crippen molar-refractivity contribution in [2.45, 2.75) is 26.0 Å². The number of aliphatic imine (C=N–C) groups is 1. The highest BCUT2D eigenvalue weighted by molar-refractivity contribution is 5.87. The van der Waals surface area contributed by atoms with Gasteiger partial charge in [0.2, 0.25) is 6.08 Å². The van der Waals surface area contributed by atoms with Gasteiger partial charge in [-0.25, -0.2) is 9.59 Å². The van der Waals surface area contributed by atoms with Crippen LogP contribution in [0.5, 0.6) is 0 Å². The van der Waals surface area contributed by atoms with Crippen LogP contribution in [0, 0.1) is 6.92 Å². The van der Waals surface area contributed by atoms with Gasteiger partial charge in [-0.15, -0.1) is 0 Å². The van der Waals surface area contributed by atoms with Gasteiger partial charge in [-0.3, -0.25) is 0 Å². The zero-order valence-electron chi connectivity index (χ0n) is 7.74. The predicted molar refractivity (Wildman–Crippen MR) is 47.6 cm³/mol. The standard InChI is InChI=1S/C9H12NO3/c1-6(2)9(12)13-8(4)7(3)10-5-11/h7-8H,1,4H2,2-3H3. The highest BCUT2D eigenvalue weighted by atomic mass is 16.5. The first-order chi connectivity index (χ1) is 5.99. The Labute approximate surface area is 77.3 Å². The molecule has 0 fully saturated rings. The molecule has 0 rings (SSSR count). The lowest BCUT2D eigenvalue weighted by atomic mass is 10.2. The number of carbonyl (C=O) groups is 1. The molecule has 0 aromatic rings. The minimum atomic E-state index is -0.689. The molecule has 0 saturated heterocycles. The second-order valence-electron chi connectivity index (χ2n) is 2.69. The van der Waals surface area contributed by atoms with E-state index in [0.29, 0.717) is 0 Å². The van der Waals surface area contributed by atoms with E-state index in [1.165, 1.54) is 13.0 Å². The van der Waals surface area contributed by atoms with Crippen molar-refractivity contribution in [3.63, 3.8) is 0 Å². The molecule has 4 heteroatoms. The molecule has 4 nitrogen and oxygen atoms in total. The molecule has 0 aliphatic rings. The smallest absolute Gasteiger partial charge is 0.333 e. The van der Waals surface area contributed by atoms with E-state index in [0.717, 1.165) is 0 Å². The highest BCUT2D eigenvalue weighted by Gasteiger charge is 2.16. The van der Waals surface area contributed by atoms with Crippen molar-refractivity contribution >= 4 is 12.0 Å². The molecule has 2 unspecified atom stereocenters. The molecular weight excluding hydrogens is 170 g/mol. The lowest BCUT2D eigenvalue weighted by Gasteiger charge is -2.15. The number of rotatable bonds is 4. The summed E-state index contributed by atoms with van der Waals surface area (Å²) in [6.07, 6.45) is 0.683. The molecule has 13 heavy (non-hydrogen) atoms. The van der Waals surface area contributed by atoms with Gasteiger partial charge in [-0.05, 0) is 20.8 Å². The van der Waals surface area contributed by atoms with Crippen LogP contribution in [-0.4, -0.2) is 24.2 Å². The van der Waals surface area contributed by atoms with Gasteiger partial charge < -0.3 is 4.74 Å². The molecule has 0 spiro atoms. The third-order valence-electron chi connectivity index (χ3n) is 1.40. The summed E-state index contributed by atoms with van der Waals surface area (Å²) in [5, 5.41) is 0. The van der Waals surface area contributed by atoms with E-state index in [1.807, 2.05) is 0 Å². The van der Waals surface area contributed by atoms with Crippen LogP contribution in [0.4, 0.5) is 0 Å². The molecule has 1 radical (unpaired) electrons. The van der Waals surface area contributed by atoms with Gasteiger partial charge in [-0.1, -0.05) is 6.58 Å². The Morgan fingerprint density at radius 2 is 2.15 bits per heavy atom. The Kier molecular flexibility index (Phi) is 4.70. The van der Waals surface area contributed by atoms with Gasteiger partial charge in [-0.2, -0.15) is 4.99 Å². The van der Waals surface area contributed by atoms with Crippen molar-refractivity contribution < 1.29 is 14.3 Å². The number of hydrogen-bond donors (Lipinski definition) is 0. The Morgan fingerprint density at radius 3 is 2.54 bits per heavy atom. The van der Waals surface area contributed by atoms with E-state index in [1.54, 1.807) is 6.92 Å². The van der Waals surface area contributed by atoms with Crippen molar-refractivity contribution in [2.24, 2.45) is 4.99 Å². The highest BCUT2D eigenvalue weighted by Crippen LogP contribution is 2.04. The minimum Gasteiger partial charge on any atom is -0.457 e. The Morgan fingerprint density at radius 1 is 1.62 bits per heavy atom. The number of carbonyl (C=O) groups excluding carboxylic acids is 2. The van der Waals surface area contributed by atoms with Crippen molar-refractivity contribution in [2.75, 3.05) is 0 Å². The maximum absolute atomic E-state index is 11.0. The van der Waals surface area contributed by atoms with Crippen LogP contribution in [-0.2, 0) is 14.3 Å². The number of esters is 1. The van der Waals surface area contributed by atoms with Crippen LogP contribution in [0.1, 0.15) is 13.8 Å². The number of isocyanates is 1. The molecule has 2 atom stereocenters. The third-order valence-corrected chi connectivity index (χ3v) is 1.40. The number of hydrogen-bond acceptors (Lipinski definition) is 4. The van der Waals surface area contributed by atoms with E-state index >= 15 is 0 Å². The maximum atomic E-state index is 11.0. The second kappa shape index (κ2) is 5.27. The second-order valence-corrected chi connectivity index (χ2v) is 2.69. The third kappa shape index (κ3) is 4.23. The first kappa shape index (κ1) is 11.6. The molecular formula is C9H12NO3. The van der Waals surface area contributed by atoms with Gasteiger partial charge in [0.15, 0.2) is 0 Å². The topological polar surface area (TPSA) is 55.7 Å². The van der Waals surface area contributed by atoms with Gasteiger partial charge in [0.25, 0.3) is 0 Å². The van der Waals surface area contributed by atoms with Gasteiger partial charge in [0, 0.05) is 5.57 Å². The van der Waals surface area contributed by atoms with Crippen LogP contribution in [0.3, 0.4) is 0 Å². The van der Waals surface area contributed by atoms with Crippen molar-refractivity contribution in [3.8, 4) is 0 Å². The summed E-state index contributed by atoms with van der Waals surface area (Å²) in [4.78, 5) is 24.2. The van der Waals surface area contributed by atoms with Gasteiger partial charge in [0.05, 0.1) is 6.04 Å². The van der Waals surface area contributed by atoms with Crippen LogP contribution < -0.4 is 0 Å². The summed E-state index contributed by atoms with van der Waals surface area (Å²) in [6, 6.07) is -0.485. The zero-order valence-corrected chi connectivity index (χ0v) is 7.74. The normalized spacial score (nSPS) is 13.8. The average Bonchev–Trinajstić information content (AvgIpc) is 2.04. The summed E-state index contributed by atoms with van der Waals surface area (Å²) < 4.78 is 4.80. The fourth-order valence-electron chi connectivity index (χ4n) is 0.503.